The van der Waals surface area contributed by atoms with E-state index in [1.807, 2.05) is 12.1 Å². The van der Waals surface area contributed by atoms with Crippen LogP contribution in [-0.4, -0.2) is 12.3 Å². The lowest BCUT2D eigenvalue weighted by Gasteiger charge is -1.93. The van der Waals surface area contributed by atoms with Crippen molar-refractivity contribution in [1.82, 2.24) is 4.98 Å². The lowest BCUT2D eigenvalue weighted by Crippen LogP contribution is -2.15. The van der Waals surface area contributed by atoms with Gasteiger partial charge in [-0.05, 0) is 6.07 Å². The summed E-state index contributed by atoms with van der Waals surface area (Å²) in [5.41, 5.74) is 6.47. The molecule has 0 saturated heterocycles. The Hall–Kier alpha value is -0.985. The largest absolute Gasteiger partial charge is 0.384 e. The topological polar surface area (TPSA) is 38.9 Å². The molecule has 1 rings (SSSR count). The van der Waals surface area contributed by atoms with Gasteiger partial charge in [-0.1, -0.05) is 19.0 Å². The first kappa shape index (κ1) is 6.14. The van der Waals surface area contributed by atoms with E-state index in [9.17, 15) is 0 Å². The number of anilines is 1. The third-order valence-corrected chi connectivity index (χ3v) is 1.19. The molecule has 3 heteroatoms. The summed E-state index contributed by atoms with van der Waals surface area (Å²) >= 11 is 0. The van der Waals surface area contributed by atoms with E-state index in [0.717, 1.165) is 12.9 Å². The summed E-state index contributed by atoms with van der Waals surface area (Å²) in [6.07, 6.45) is 0. The van der Waals surface area contributed by atoms with Gasteiger partial charge in [0.1, 0.15) is 5.82 Å². The predicted octanol–water partition coefficient (Wildman–Crippen LogP) is -0.226. The van der Waals surface area contributed by atoms with Crippen molar-refractivity contribution in [3.05, 3.63) is 18.2 Å². The zero-order valence-electron chi connectivity index (χ0n) is 5.46. The fourth-order valence-electron chi connectivity index (χ4n) is 0.695. The summed E-state index contributed by atoms with van der Waals surface area (Å²) < 4.78 is 0. The van der Waals surface area contributed by atoms with Crippen LogP contribution >= 0.6 is 0 Å². The maximum atomic E-state index is 5.42. The molecule has 0 bridgehead atoms. The molecule has 46 valence electrons. The van der Waals surface area contributed by atoms with Crippen LogP contribution in [0, 0.1) is 0 Å². The van der Waals surface area contributed by atoms with E-state index in [1.165, 1.54) is 0 Å². The third-order valence-electron chi connectivity index (χ3n) is 1.19. The van der Waals surface area contributed by atoms with Crippen LogP contribution in [0.2, 0.25) is 6.82 Å². The molecule has 1 aromatic rings. The molecule has 1 heterocycles. The minimum atomic E-state index is 0.606. The minimum Gasteiger partial charge on any atom is -0.384 e. The van der Waals surface area contributed by atoms with Crippen molar-refractivity contribution < 1.29 is 0 Å². The van der Waals surface area contributed by atoms with E-state index >= 15 is 0 Å². The van der Waals surface area contributed by atoms with Gasteiger partial charge in [-0.15, -0.1) is 0 Å². The molecule has 0 aliphatic heterocycles. The highest BCUT2D eigenvalue weighted by Gasteiger charge is 1.89. The Labute approximate surface area is 55.3 Å². The Morgan fingerprint density at radius 1 is 1.56 bits per heavy atom. The molecule has 0 aliphatic rings. The zero-order valence-corrected chi connectivity index (χ0v) is 5.46. The first-order valence-corrected chi connectivity index (χ1v) is 3.04. The van der Waals surface area contributed by atoms with Crippen LogP contribution in [0.1, 0.15) is 0 Å². The summed E-state index contributed by atoms with van der Waals surface area (Å²) in [5.74, 6) is 0.606. The molecule has 0 radical (unpaired) electrons. The van der Waals surface area contributed by atoms with Crippen LogP contribution < -0.4 is 11.3 Å². The van der Waals surface area contributed by atoms with Crippen molar-refractivity contribution in [2.24, 2.45) is 0 Å². The summed E-state index contributed by atoms with van der Waals surface area (Å²) in [5, 5.41) is 0. The highest BCUT2D eigenvalue weighted by molar-refractivity contribution is 6.50. The van der Waals surface area contributed by atoms with Crippen LogP contribution in [0.15, 0.2) is 18.2 Å². The average molecular weight is 120 g/mol. The molecule has 0 aliphatic carbocycles. The van der Waals surface area contributed by atoms with Crippen molar-refractivity contribution in [2.45, 2.75) is 6.82 Å². The highest BCUT2D eigenvalue weighted by atomic mass is 14.8. The van der Waals surface area contributed by atoms with Gasteiger partial charge in [0.05, 0.1) is 0 Å². The molecule has 0 saturated carbocycles. The summed E-state index contributed by atoms with van der Waals surface area (Å²) in [6.45, 7) is 2.06. The second-order valence-electron chi connectivity index (χ2n) is 1.91. The molecule has 2 N–H and O–H groups in total. The molecule has 0 amide bonds. The Morgan fingerprint density at radius 3 is 2.78 bits per heavy atom. The van der Waals surface area contributed by atoms with Crippen LogP contribution in [0.25, 0.3) is 0 Å². The van der Waals surface area contributed by atoms with Gasteiger partial charge in [0.25, 0.3) is 0 Å². The molecular formula is C6H9BN2. The molecule has 0 atom stereocenters. The second-order valence-corrected chi connectivity index (χ2v) is 1.91. The fourth-order valence-corrected chi connectivity index (χ4v) is 0.695. The molecule has 2 nitrogen and oxygen atoms in total. The summed E-state index contributed by atoms with van der Waals surface area (Å²) in [7, 11) is 0.949. The van der Waals surface area contributed by atoms with Crippen LogP contribution in [0.4, 0.5) is 5.82 Å². The fraction of sp³-hybridized carbons (Fsp3) is 0.167. The van der Waals surface area contributed by atoms with Gasteiger partial charge >= 0.3 is 0 Å². The third kappa shape index (κ3) is 1.45. The van der Waals surface area contributed by atoms with Gasteiger partial charge in [0.15, 0.2) is 7.28 Å². The normalized spacial score (nSPS) is 9.00. The molecule has 0 unspecified atom stereocenters. The molecule has 1 aromatic heterocycles. The summed E-state index contributed by atoms with van der Waals surface area (Å²) in [6, 6.07) is 5.68. The number of nitrogens with two attached hydrogens (primary N) is 1. The van der Waals surface area contributed by atoms with E-state index in [0.29, 0.717) is 5.82 Å². The Kier molecular flexibility index (Phi) is 1.73. The Morgan fingerprint density at radius 2 is 2.33 bits per heavy atom. The van der Waals surface area contributed by atoms with E-state index < -0.39 is 0 Å². The standard InChI is InChI=1S/C6H9BN2/c1-7-5-3-2-4-6(8)9-5/h2-4,7H,1H3,(H2,8,9). The number of nitrogen functional groups attached to an aromatic ring is 1. The van der Waals surface area contributed by atoms with Crippen LogP contribution in [0.3, 0.4) is 0 Å². The average Bonchev–Trinajstić information content (AvgIpc) is 1.88. The van der Waals surface area contributed by atoms with Crippen molar-refractivity contribution in [3.63, 3.8) is 0 Å². The number of hydrogen-bond acceptors (Lipinski definition) is 2. The highest BCUT2D eigenvalue weighted by Crippen LogP contribution is 1.88. The molecular weight excluding hydrogens is 111 g/mol. The van der Waals surface area contributed by atoms with Crippen molar-refractivity contribution in [1.29, 1.82) is 0 Å². The van der Waals surface area contributed by atoms with Gasteiger partial charge in [-0.25, -0.2) is 4.98 Å². The van der Waals surface area contributed by atoms with E-state index in [-0.39, 0.29) is 0 Å². The number of hydrogen-bond donors (Lipinski definition) is 1. The van der Waals surface area contributed by atoms with Gasteiger partial charge in [0, 0.05) is 5.59 Å². The number of rotatable bonds is 1. The molecule has 0 fully saturated rings. The van der Waals surface area contributed by atoms with Crippen LogP contribution in [-0.2, 0) is 0 Å². The van der Waals surface area contributed by atoms with Gasteiger partial charge < -0.3 is 5.73 Å². The second kappa shape index (κ2) is 2.53. The van der Waals surface area contributed by atoms with Crippen molar-refractivity contribution >= 4 is 18.7 Å². The van der Waals surface area contributed by atoms with E-state index in [1.54, 1.807) is 6.07 Å². The summed E-state index contributed by atoms with van der Waals surface area (Å²) in [4.78, 5) is 4.07. The predicted molar refractivity (Wildman–Crippen MR) is 41.3 cm³/mol. The monoisotopic (exact) mass is 120 g/mol. The van der Waals surface area contributed by atoms with Gasteiger partial charge in [-0.3, -0.25) is 0 Å². The number of pyridine rings is 1. The van der Waals surface area contributed by atoms with E-state index in [2.05, 4.69) is 11.8 Å². The zero-order chi connectivity index (χ0) is 6.69. The lowest BCUT2D eigenvalue weighted by atomic mass is 9.78. The Balaban J connectivity index is 2.94. The number of nitrogens with zero attached hydrogens (tertiary/aromatic N) is 1. The number of aromatic nitrogens is 1. The molecule has 0 aromatic carbocycles. The SMILES string of the molecule is CBc1cccc(N)n1. The van der Waals surface area contributed by atoms with E-state index in [4.69, 9.17) is 5.73 Å². The quantitative estimate of drug-likeness (QED) is 0.520. The Bertz CT molecular complexity index is 200. The first-order valence-electron chi connectivity index (χ1n) is 3.04. The minimum absolute atomic E-state index is 0.606. The molecule has 9 heavy (non-hydrogen) atoms. The van der Waals surface area contributed by atoms with Gasteiger partial charge in [-0.2, -0.15) is 0 Å². The maximum absolute atomic E-state index is 5.42. The van der Waals surface area contributed by atoms with Crippen molar-refractivity contribution in [3.8, 4) is 0 Å². The molecule has 0 spiro atoms. The lowest BCUT2D eigenvalue weighted by molar-refractivity contribution is 1.39. The van der Waals surface area contributed by atoms with Gasteiger partial charge in [0.2, 0.25) is 0 Å². The first-order chi connectivity index (χ1) is 4.33. The van der Waals surface area contributed by atoms with Crippen molar-refractivity contribution in [2.75, 3.05) is 5.73 Å². The van der Waals surface area contributed by atoms with Crippen LogP contribution in [0.5, 0.6) is 0 Å². The maximum Gasteiger partial charge on any atom is 0.179 e. The smallest absolute Gasteiger partial charge is 0.179 e.